The van der Waals surface area contributed by atoms with Crippen LogP contribution in [0.3, 0.4) is 0 Å². The van der Waals surface area contributed by atoms with Crippen molar-refractivity contribution in [1.82, 2.24) is 4.90 Å². The van der Waals surface area contributed by atoms with Crippen LogP contribution in [0.1, 0.15) is 26.2 Å². The predicted molar refractivity (Wildman–Crippen MR) is 85.0 cm³/mol. The van der Waals surface area contributed by atoms with E-state index < -0.39 is 0 Å². The van der Waals surface area contributed by atoms with Crippen molar-refractivity contribution in [3.63, 3.8) is 0 Å². The largest absolute Gasteiger partial charge is 0.367 e. The van der Waals surface area contributed by atoms with Crippen molar-refractivity contribution >= 4 is 5.69 Å². The lowest BCUT2D eigenvalue weighted by Gasteiger charge is -2.41. The molecule has 1 aromatic rings. The standard InChI is InChI=1S/C17H26FN3/c1-17(8-4-7-16(17)19)13-20-9-11-21(12-10-20)15-6-3-2-5-14(15)18/h2-3,5-6,16H,4,7-13,19H2,1H3. The molecule has 4 heteroatoms. The second kappa shape index (κ2) is 5.93. The van der Waals surface area contributed by atoms with Crippen molar-refractivity contribution in [3.8, 4) is 0 Å². The van der Waals surface area contributed by atoms with Gasteiger partial charge in [0.1, 0.15) is 5.82 Å². The summed E-state index contributed by atoms with van der Waals surface area (Å²) in [5.41, 5.74) is 7.28. The number of anilines is 1. The third kappa shape index (κ3) is 3.06. The van der Waals surface area contributed by atoms with E-state index in [1.807, 2.05) is 12.1 Å². The Morgan fingerprint density at radius 2 is 1.95 bits per heavy atom. The van der Waals surface area contributed by atoms with Crippen LogP contribution in [0.25, 0.3) is 0 Å². The van der Waals surface area contributed by atoms with E-state index in [0.29, 0.717) is 6.04 Å². The van der Waals surface area contributed by atoms with Crippen molar-refractivity contribution in [3.05, 3.63) is 30.1 Å². The molecule has 1 aliphatic heterocycles. The highest BCUT2D eigenvalue weighted by Crippen LogP contribution is 2.37. The zero-order valence-corrected chi connectivity index (χ0v) is 12.9. The van der Waals surface area contributed by atoms with E-state index in [0.717, 1.165) is 44.8 Å². The number of rotatable bonds is 3. The minimum Gasteiger partial charge on any atom is -0.367 e. The summed E-state index contributed by atoms with van der Waals surface area (Å²) in [5.74, 6) is -0.115. The van der Waals surface area contributed by atoms with Crippen LogP contribution in [0.5, 0.6) is 0 Å². The minimum absolute atomic E-state index is 0.115. The van der Waals surface area contributed by atoms with Crippen LogP contribution in [0.4, 0.5) is 10.1 Å². The SMILES string of the molecule is CC1(CN2CCN(c3ccccc3F)CC2)CCCC1N. The average molecular weight is 291 g/mol. The first kappa shape index (κ1) is 14.8. The van der Waals surface area contributed by atoms with Gasteiger partial charge in [-0.1, -0.05) is 25.5 Å². The van der Waals surface area contributed by atoms with Crippen molar-refractivity contribution in [2.24, 2.45) is 11.1 Å². The maximum atomic E-state index is 13.8. The summed E-state index contributed by atoms with van der Waals surface area (Å²) in [4.78, 5) is 4.66. The number of piperazine rings is 1. The van der Waals surface area contributed by atoms with Crippen LogP contribution in [-0.4, -0.2) is 43.7 Å². The zero-order chi connectivity index (χ0) is 14.9. The Labute approximate surface area is 126 Å². The van der Waals surface area contributed by atoms with E-state index in [4.69, 9.17) is 5.73 Å². The first-order valence-electron chi connectivity index (χ1n) is 8.06. The highest BCUT2D eigenvalue weighted by atomic mass is 19.1. The van der Waals surface area contributed by atoms with Gasteiger partial charge in [-0.05, 0) is 30.4 Å². The molecule has 3 nitrogen and oxygen atoms in total. The normalized spacial score (nSPS) is 30.8. The maximum absolute atomic E-state index is 13.8. The first-order valence-corrected chi connectivity index (χ1v) is 8.06. The van der Waals surface area contributed by atoms with Crippen LogP contribution in [0.15, 0.2) is 24.3 Å². The fourth-order valence-electron chi connectivity index (χ4n) is 3.82. The highest BCUT2D eigenvalue weighted by molar-refractivity contribution is 5.47. The van der Waals surface area contributed by atoms with Crippen LogP contribution in [0, 0.1) is 11.2 Å². The van der Waals surface area contributed by atoms with Crippen LogP contribution in [-0.2, 0) is 0 Å². The summed E-state index contributed by atoms with van der Waals surface area (Å²) in [7, 11) is 0. The highest BCUT2D eigenvalue weighted by Gasteiger charge is 2.38. The molecule has 1 saturated heterocycles. The molecule has 1 saturated carbocycles. The van der Waals surface area contributed by atoms with Gasteiger partial charge in [0.15, 0.2) is 0 Å². The Hall–Kier alpha value is -1.13. The Morgan fingerprint density at radius 3 is 2.57 bits per heavy atom. The molecule has 3 rings (SSSR count). The summed E-state index contributed by atoms with van der Waals surface area (Å²) in [6.07, 6.45) is 3.65. The van der Waals surface area contributed by atoms with Gasteiger partial charge in [-0.3, -0.25) is 4.90 Å². The number of hydrogen-bond donors (Lipinski definition) is 1. The summed E-state index contributed by atoms with van der Waals surface area (Å²) >= 11 is 0. The van der Waals surface area contributed by atoms with Crippen molar-refractivity contribution in [2.45, 2.75) is 32.2 Å². The van der Waals surface area contributed by atoms with Crippen molar-refractivity contribution < 1.29 is 4.39 Å². The molecule has 2 unspecified atom stereocenters. The van der Waals surface area contributed by atoms with Gasteiger partial charge in [0.25, 0.3) is 0 Å². The molecule has 1 aromatic carbocycles. The molecular weight excluding hydrogens is 265 g/mol. The third-order valence-corrected chi connectivity index (χ3v) is 5.31. The summed E-state index contributed by atoms with van der Waals surface area (Å²) < 4.78 is 13.8. The third-order valence-electron chi connectivity index (χ3n) is 5.31. The Morgan fingerprint density at radius 1 is 1.24 bits per heavy atom. The van der Waals surface area contributed by atoms with Crippen LogP contribution >= 0.6 is 0 Å². The van der Waals surface area contributed by atoms with Gasteiger partial charge >= 0.3 is 0 Å². The number of nitrogens with two attached hydrogens (primary N) is 1. The smallest absolute Gasteiger partial charge is 0.146 e. The molecular formula is C17H26FN3. The second-order valence-corrected chi connectivity index (χ2v) is 6.87. The lowest BCUT2D eigenvalue weighted by Crippen LogP contribution is -2.52. The van der Waals surface area contributed by atoms with Crippen LogP contribution < -0.4 is 10.6 Å². The first-order chi connectivity index (χ1) is 10.1. The second-order valence-electron chi connectivity index (χ2n) is 6.87. The van der Waals surface area contributed by atoms with E-state index in [-0.39, 0.29) is 11.2 Å². The molecule has 2 N–H and O–H groups in total. The van der Waals surface area contributed by atoms with Gasteiger partial charge in [-0.2, -0.15) is 0 Å². The molecule has 1 aliphatic carbocycles. The van der Waals surface area contributed by atoms with Crippen molar-refractivity contribution in [2.75, 3.05) is 37.6 Å². The fraction of sp³-hybridized carbons (Fsp3) is 0.647. The predicted octanol–water partition coefficient (Wildman–Crippen LogP) is 2.47. The van der Waals surface area contributed by atoms with Gasteiger partial charge in [0, 0.05) is 38.8 Å². The molecule has 0 amide bonds. The lowest BCUT2D eigenvalue weighted by atomic mass is 9.84. The molecule has 1 heterocycles. The number of benzene rings is 1. The van der Waals surface area contributed by atoms with Gasteiger partial charge in [-0.15, -0.1) is 0 Å². The van der Waals surface area contributed by atoms with Crippen molar-refractivity contribution in [1.29, 1.82) is 0 Å². The van der Waals surface area contributed by atoms with Gasteiger partial charge < -0.3 is 10.6 Å². The van der Waals surface area contributed by atoms with Gasteiger partial charge in [-0.25, -0.2) is 4.39 Å². The maximum Gasteiger partial charge on any atom is 0.146 e. The summed E-state index contributed by atoms with van der Waals surface area (Å²) in [6.45, 7) is 7.19. The molecule has 0 bridgehead atoms. The fourth-order valence-corrected chi connectivity index (χ4v) is 3.82. The van der Waals surface area contributed by atoms with E-state index in [1.54, 1.807) is 12.1 Å². The van der Waals surface area contributed by atoms with Crippen LogP contribution in [0.2, 0.25) is 0 Å². The van der Waals surface area contributed by atoms with Gasteiger partial charge in [0.2, 0.25) is 0 Å². The Bertz CT molecular complexity index is 485. The zero-order valence-electron chi connectivity index (χ0n) is 12.9. The topological polar surface area (TPSA) is 32.5 Å². The molecule has 2 fully saturated rings. The van der Waals surface area contributed by atoms with E-state index >= 15 is 0 Å². The number of halogens is 1. The van der Waals surface area contributed by atoms with E-state index in [2.05, 4.69) is 16.7 Å². The molecule has 0 radical (unpaired) electrons. The number of nitrogens with zero attached hydrogens (tertiary/aromatic N) is 2. The lowest BCUT2D eigenvalue weighted by molar-refractivity contribution is 0.146. The summed E-state index contributed by atoms with van der Waals surface area (Å²) in [6, 6.07) is 7.40. The molecule has 116 valence electrons. The average Bonchev–Trinajstić information content (AvgIpc) is 2.80. The molecule has 2 aliphatic rings. The quantitative estimate of drug-likeness (QED) is 0.928. The summed E-state index contributed by atoms with van der Waals surface area (Å²) in [5, 5.41) is 0. The van der Waals surface area contributed by atoms with E-state index in [1.165, 1.54) is 12.8 Å². The van der Waals surface area contributed by atoms with Gasteiger partial charge in [0.05, 0.1) is 5.69 Å². The number of hydrogen-bond acceptors (Lipinski definition) is 3. The van der Waals surface area contributed by atoms with E-state index in [9.17, 15) is 4.39 Å². The molecule has 21 heavy (non-hydrogen) atoms. The number of para-hydroxylation sites is 1. The monoisotopic (exact) mass is 291 g/mol. The molecule has 2 atom stereocenters. The molecule has 0 aromatic heterocycles. The molecule has 0 spiro atoms. The minimum atomic E-state index is -0.115. The Balaban J connectivity index is 1.57. The Kier molecular flexibility index (Phi) is 4.18.